The summed E-state index contributed by atoms with van der Waals surface area (Å²) in [4.78, 5) is 23.8. The van der Waals surface area contributed by atoms with Crippen LogP contribution < -0.4 is 4.74 Å². The lowest BCUT2D eigenvalue weighted by molar-refractivity contribution is -0.0592. The molecular weight excluding hydrogens is 537 g/mol. The molecule has 42 heavy (non-hydrogen) atoms. The van der Waals surface area contributed by atoms with Gasteiger partial charge >= 0.3 is 5.97 Å². The van der Waals surface area contributed by atoms with Crippen molar-refractivity contribution in [1.29, 1.82) is 5.26 Å². The number of carboxylic acids is 1. The molecule has 0 amide bonds. The molecule has 0 bridgehead atoms. The molecule has 3 fully saturated rings. The van der Waals surface area contributed by atoms with Gasteiger partial charge in [0, 0.05) is 35.9 Å². The highest BCUT2D eigenvalue weighted by molar-refractivity contribution is 5.92. The van der Waals surface area contributed by atoms with E-state index in [1.165, 1.54) is 6.07 Å². The molecule has 4 heterocycles. The molecule has 10 heteroatoms. The quantitative estimate of drug-likeness (QED) is 0.304. The van der Waals surface area contributed by atoms with Crippen LogP contribution in [0.2, 0.25) is 0 Å². The molecule has 214 valence electrons. The molecule has 3 aliphatic rings. The predicted molar refractivity (Wildman–Crippen MR) is 150 cm³/mol. The smallest absolute Gasteiger partial charge is 0.335 e. The monoisotopic (exact) mass is 567 g/mol. The number of hydrogen-bond acceptors (Lipinski definition) is 7. The minimum atomic E-state index is -0.946. The average molecular weight is 568 g/mol. The molecule has 1 saturated carbocycles. The van der Waals surface area contributed by atoms with E-state index in [4.69, 9.17) is 24.7 Å². The van der Waals surface area contributed by atoms with Crippen LogP contribution in [0.1, 0.15) is 58.2 Å². The molecule has 4 aromatic rings. The fourth-order valence-corrected chi connectivity index (χ4v) is 6.35. The minimum Gasteiger partial charge on any atom is -0.478 e. The first kappa shape index (κ1) is 26.6. The maximum absolute atomic E-state index is 14.3. The second-order valence-corrected chi connectivity index (χ2v) is 11.4. The van der Waals surface area contributed by atoms with Crippen molar-refractivity contribution < 1.29 is 23.8 Å². The van der Waals surface area contributed by atoms with Gasteiger partial charge in [-0.05, 0) is 68.1 Å². The van der Waals surface area contributed by atoms with E-state index in [2.05, 4.69) is 9.47 Å². The van der Waals surface area contributed by atoms with Crippen molar-refractivity contribution in [1.82, 2.24) is 19.4 Å². The Kier molecular flexibility index (Phi) is 6.84. The van der Waals surface area contributed by atoms with Gasteiger partial charge < -0.3 is 19.1 Å². The first-order valence-corrected chi connectivity index (χ1v) is 14.3. The topological polar surface area (TPSA) is 114 Å². The molecule has 1 aliphatic carbocycles. The van der Waals surface area contributed by atoms with E-state index in [9.17, 15) is 14.3 Å². The molecule has 7 rings (SSSR count). The molecule has 4 atom stereocenters. The van der Waals surface area contributed by atoms with Crippen LogP contribution in [0.4, 0.5) is 4.39 Å². The number of ether oxygens (including phenoxy) is 2. The Hall–Kier alpha value is -4.33. The number of carboxylic acid groups (broad SMARTS) is 1. The highest BCUT2D eigenvalue weighted by Crippen LogP contribution is 2.51. The highest BCUT2D eigenvalue weighted by Gasteiger charge is 2.50. The number of nitrogens with zero attached hydrogens (tertiary/aromatic N) is 5. The minimum absolute atomic E-state index is 0.0410. The van der Waals surface area contributed by atoms with E-state index >= 15 is 0 Å². The standard InChI is InChI=1S/C32H30FN5O4/c33-25-12-19(15-34)4-5-21(25)18-42-31-3-1-2-26(36-31)23-8-10-37(28-14-24(23)28)17-30-35-27-7-6-20(32(39)40)13-29(27)38(30)16-22-9-11-41-22/h1-7,12-13,22-24,28H,8-11,14,16-18H2,(H,39,40)/t22?,23-,24-,28-/m1/s1. The Morgan fingerprint density at radius 3 is 2.81 bits per heavy atom. The second-order valence-electron chi connectivity index (χ2n) is 11.4. The van der Waals surface area contributed by atoms with E-state index in [0.29, 0.717) is 42.4 Å². The van der Waals surface area contributed by atoms with Gasteiger partial charge in [0.2, 0.25) is 5.88 Å². The molecular formula is C32H30FN5O4. The first-order valence-electron chi connectivity index (χ1n) is 14.3. The van der Waals surface area contributed by atoms with E-state index < -0.39 is 11.8 Å². The van der Waals surface area contributed by atoms with Gasteiger partial charge in [-0.15, -0.1) is 0 Å². The highest BCUT2D eigenvalue weighted by atomic mass is 19.1. The average Bonchev–Trinajstić information content (AvgIpc) is 3.71. The lowest BCUT2D eigenvalue weighted by Crippen LogP contribution is -2.36. The van der Waals surface area contributed by atoms with Gasteiger partial charge in [0.1, 0.15) is 18.2 Å². The number of benzene rings is 2. The summed E-state index contributed by atoms with van der Waals surface area (Å²) < 4.78 is 28.0. The summed E-state index contributed by atoms with van der Waals surface area (Å²) in [6.45, 7) is 3.07. The van der Waals surface area contributed by atoms with Gasteiger partial charge in [-0.25, -0.2) is 19.2 Å². The SMILES string of the molecule is N#Cc1ccc(COc2cccc([C@@H]3CCN(Cc4nc5ccc(C(=O)O)cc5n4CC4CCO4)[C@@H]4C[C@@H]43)n2)c(F)c1. The van der Waals surface area contributed by atoms with Crippen molar-refractivity contribution in [2.45, 2.75) is 57.0 Å². The van der Waals surface area contributed by atoms with Crippen LogP contribution >= 0.6 is 0 Å². The van der Waals surface area contributed by atoms with Crippen molar-refractivity contribution in [2.75, 3.05) is 13.2 Å². The zero-order valence-electron chi connectivity index (χ0n) is 22.9. The summed E-state index contributed by atoms with van der Waals surface area (Å²) in [5, 5.41) is 18.5. The Balaban J connectivity index is 1.04. The van der Waals surface area contributed by atoms with Crippen molar-refractivity contribution in [3.63, 3.8) is 0 Å². The molecule has 1 N–H and O–H groups in total. The number of imidazole rings is 1. The summed E-state index contributed by atoms with van der Waals surface area (Å²) >= 11 is 0. The second kappa shape index (κ2) is 10.8. The normalized spacial score (nSPS) is 23.1. The zero-order chi connectivity index (χ0) is 28.8. The fourth-order valence-electron chi connectivity index (χ4n) is 6.35. The summed E-state index contributed by atoms with van der Waals surface area (Å²) in [7, 11) is 0. The van der Waals surface area contributed by atoms with Crippen LogP contribution in [0, 0.1) is 23.1 Å². The van der Waals surface area contributed by atoms with Crippen LogP contribution in [0.15, 0.2) is 54.6 Å². The van der Waals surface area contributed by atoms with Crippen LogP contribution in [0.5, 0.6) is 5.88 Å². The summed E-state index contributed by atoms with van der Waals surface area (Å²) in [5.41, 5.74) is 3.55. The lowest BCUT2D eigenvalue weighted by Gasteiger charge is -2.32. The number of nitriles is 1. The van der Waals surface area contributed by atoms with Crippen molar-refractivity contribution in [2.24, 2.45) is 5.92 Å². The molecule has 2 aromatic heterocycles. The molecule has 1 unspecified atom stereocenters. The maximum Gasteiger partial charge on any atom is 0.335 e. The number of halogens is 1. The van der Waals surface area contributed by atoms with Gasteiger partial charge in [0.05, 0.1) is 47.4 Å². The summed E-state index contributed by atoms with van der Waals surface area (Å²) in [6.07, 6.45) is 3.16. The number of aromatic carboxylic acids is 1. The Bertz CT molecular complexity index is 1710. The van der Waals surface area contributed by atoms with E-state index in [-0.39, 0.29) is 23.8 Å². The van der Waals surface area contributed by atoms with Crippen molar-refractivity contribution >= 4 is 17.0 Å². The first-order chi connectivity index (χ1) is 20.5. The number of likely N-dealkylation sites (tertiary alicyclic amines) is 1. The van der Waals surface area contributed by atoms with Crippen LogP contribution in [0.25, 0.3) is 11.0 Å². The maximum atomic E-state index is 14.3. The Labute approximate surface area is 242 Å². The van der Waals surface area contributed by atoms with Crippen LogP contribution in [-0.4, -0.2) is 55.8 Å². The Morgan fingerprint density at radius 2 is 2.05 bits per heavy atom. The van der Waals surface area contributed by atoms with Crippen LogP contribution in [-0.2, 0) is 24.4 Å². The Morgan fingerprint density at radius 1 is 1.17 bits per heavy atom. The van der Waals surface area contributed by atoms with E-state index in [1.807, 2.05) is 18.2 Å². The van der Waals surface area contributed by atoms with E-state index in [0.717, 1.165) is 55.0 Å². The van der Waals surface area contributed by atoms with Crippen molar-refractivity contribution in [3.8, 4) is 11.9 Å². The lowest BCUT2D eigenvalue weighted by atomic mass is 9.92. The molecule has 0 radical (unpaired) electrons. The van der Waals surface area contributed by atoms with Gasteiger partial charge in [-0.2, -0.15) is 5.26 Å². The van der Waals surface area contributed by atoms with Crippen molar-refractivity contribution in [3.05, 3.63) is 88.6 Å². The molecule has 9 nitrogen and oxygen atoms in total. The summed E-state index contributed by atoms with van der Waals surface area (Å²) in [5.74, 6) is 0.804. The van der Waals surface area contributed by atoms with Gasteiger partial charge in [0.15, 0.2) is 0 Å². The molecule has 0 spiro atoms. The number of piperidine rings is 1. The van der Waals surface area contributed by atoms with Crippen LogP contribution in [0.3, 0.4) is 0 Å². The predicted octanol–water partition coefficient (Wildman–Crippen LogP) is 4.89. The number of carbonyl (C=O) groups is 1. The van der Waals surface area contributed by atoms with Gasteiger partial charge in [-0.1, -0.05) is 12.1 Å². The third kappa shape index (κ3) is 5.10. The molecule has 2 aromatic carbocycles. The van der Waals surface area contributed by atoms with E-state index in [1.54, 1.807) is 36.4 Å². The number of fused-ring (bicyclic) bond motifs is 2. The summed E-state index contributed by atoms with van der Waals surface area (Å²) in [6, 6.07) is 17.6. The zero-order valence-corrected chi connectivity index (χ0v) is 22.9. The molecule has 2 aliphatic heterocycles. The number of rotatable bonds is 9. The third-order valence-corrected chi connectivity index (χ3v) is 8.80. The van der Waals surface area contributed by atoms with Gasteiger partial charge in [0.25, 0.3) is 0 Å². The number of aromatic nitrogens is 3. The third-order valence-electron chi connectivity index (χ3n) is 8.80. The van der Waals surface area contributed by atoms with Gasteiger partial charge in [-0.3, -0.25) is 4.90 Å². The number of hydrogen-bond donors (Lipinski definition) is 1. The fraction of sp³-hybridized carbons (Fsp3) is 0.375. The number of pyridine rings is 1. The molecule has 2 saturated heterocycles. The largest absolute Gasteiger partial charge is 0.478 e.